The van der Waals surface area contributed by atoms with Gasteiger partial charge in [0.05, 0.1) is 12.1 Å². The van der Waals surface area contributed by atoms with Crippen molar-refractivity contribution in [2.75, 3.05) is 19.7 Å². The number of rotatable bonds is 6. The van der Waals surface area contributed by atoms with Crippen molar-refractivity contribution in [1.82, 2.24) is 4.90 Å². The molecular weight excluding hydrogens is 240 g/mol. The zero-order valence-corrected chi connectivity index (χ0v) is 12.7. The molecule has 0 aromatic carbocycles. The van der Waals surface area contributed by atoms with Crippen LogP contribution in [0.5, 0.6) is 0 Å². The lowest BCUT2D eigenvalue weighted by Crippen LogP contribution is -2.44. The van der Waals surface area contributed by atoms with Crippen LogP contribution < -0.4 is 5.73 Å². The number of ether oxygens (including phenoxy) is 1. The summed E-state index contributed by atoms with van der Waals surface area (Å²) in [6, 6.07) is -0.340. The zero-order valence-electron chi connectivity index (χ0n) is 12.7. The van der Waals surface area contributed by atoms with Gasteiger partial charge in [0.15, 0.2) is 0 Å². The van der Waals surface area contributed by atoms with Crippen molar-refractivity contribution in [2.45, 2.75) is 65.0 Å². The van der Waals surface area contributed by atoms with Crippen molar-refractivity contribution >= 4 is 5.91 Å². The third-order valence-electron chi connectivity index (χ3n) is 3.59. The normalized spacial score (nSPS) is 22.4. The van der Waals surface area contributed by atoms with E-state index in [4.69, 9.17) is 10.5 Å². The fourth-order valence-corrected chi connectivity index (χ4v) is 2.58. The quantitative estimate of drug-likeness (QED) is 0.804. The first-order chi connectivity index (χ1) is 9.04. The molecule has 0 saturated carbocycles. The van der Waals surface area contributed by atoms with E-state index in [1.54, 1.807) is 0 Å². The highest BCUT2D eigenvalue weighted by atomic mass is 16.5. The van der Waals surface area contributed by atoms with Gasteiger partial charge in [-0.2, -0.15) is 0 Å². The number of nitrogens with two attached hydrogens (primary N) is 1. The molecule has 1 heterocycles. The topological polar surface area (TPSA) is 55.6 Å². The van der Waals surface area contributed by atoms with E-state index in [1.165, 1.54) is 0 Å². The Balaban J connectivity index is 2.41. The highest BCUT2D eigenvalue weighted by Gasteiger charge is 2.25. The van der Waals surface area contributed by atoms with Gasteiger partial charge in [-0.05, 0) is 38.0 Å². The molecule has 1 aliphatic heterocycles. The number of hydrogen-bond acceptors (Lipinski definition) is 3. The van der Waals surface area contributed by atoms with E-state index in [9.17, 15) is 4.79 Å². The molecule has 0 aliphatic carbocycles. The summed E-state index contributed by atoms with van der Waals surface area (Å²) in [7, 11) is 0. The molecule has 1 saturated heterocycles. The molecule has 0 bridgehead atoms. The number of likely N-dealkylation sites (tertiary alicyclic amines) is 1. The number of nitrogens with zero attached hydrogens (tertiary/aromatic N) is 1. The van der Waals surface area contributed by atoms with E-state index in [0.29, 0.717) is 12.0 Å². The molecule has 1 rings (SSSR count). The lowest BCUT2D eigenvalue weighted by atomic mass is 10.0. The minimum Gasteiger partial charge on any atom is -0.378 e. The second-order valence-corrected chi connectivity index (χ2v) is 5.99. The third kappa shape index (κ3) is 5.91. The van der Waals surface area contributed by atoms with Crippen LogP contribution in [0.4, 0.5) is 0 Å². The van der Waals surface area contributed by atoms with Crippen LogP contribution in [-0.2, 0) is 9.53 Å². The van der Waals surface area contributed by atoms with Crippen LogP contribution in [0.15, 0.2) is 0 Å². The maximum absolute atomic E-state index is 12.3. The van der Waals surface area contributed by atoms with Gasteiger partial charge in [0.1, 0.15) is 0 Å². The van der Waals surface area contributed by atoms with Gasteiger partial charge in [0.25, 0.3) is 0 Å². The molecule has 0 aromatic rings. The summed E-state index contributed by atoms with van der Waals surface area (Å²) >= 11 is 0. The zero-order chi connectivity index (χ0) is 14.3. The van der Waals surface area contributed by atoms with Gasteiger partial charge in [-0.3, -0.25) is 4.79 Å². The highest BCUT2D eigenvalue weighted by Crippen LogP contribution is 2.16. The van der Waals surface area contributed by atoms with E-state index in [2.05, 4.69) is 20.8 Å². The van der Waals surface area contributed by atoms with Crippen LogP contribution in [0.1, 0.15) is 52.9 Å². The largest absolute Gasteiger partial charge is 0.378 e. The summed E-state index contributed by atoms with van der Waals surface area (Å²) in [4.78, 5) is 14.2. The maximum atomic E-state index is 12.3. The number of hydrogen-bond donors (Lipinski definition) is 1. The molecule has 2 atom stereocenters. The van der Waals surface area contributed by atoms with Gasteiger partial charge in [-0.1, -0.05) is 20.8 Å². The first-order valence-electron chi connectivity index (χ1n) is 7.70. The summed E-state index contributed by atoms with van der Waals surface area (Å²) in [5, 5.41) is 0. The van der Waals surface area contributed by atoms with E-state index in [1.807, 2.05) is 4.90 Å². The Morgan fingerprint density at radius 2 is 2.11 bits per heavy atom. The molecule has 2 N–H and O–H groups in total. The van der Waals surface area contributed by atoms with E-state index in [0.717, 1.165) is 51.8 Å². The summed E-state index contributed by atoms with van der Waals surface area (Å²) in [5.41, 5.74) is 5.99. The Hall–Kier alpha value is -0.610. The van der Waals surface area contributed by atoms with Crippen molar-refractivity contribution in [3.05, 3.63) is 0 Å². The molecule has 1 amide bonds. The Bertz CT molecular complexity index is 269. The van der Waals surface area contributed by atoms with Crippen molar-refractivity contribution in [2.24, 2.45) is 11.7 Å². The van der Waals surface area contributed by atoms with Crippen molar-refractivity contribution in [3.8, 4) is 0 Å². The van der Waals surface area contributed by atoms with Gasteiger partial charge < -0.3 is 15.4 Å². The molecule has 1 aliphatic rings. The molecule has 4 heteroatoms. The molecular formula is C15H30N2O2. The summed E-state index contributed by atoms with van der Waals surface area (Å²) in [6.45, 7) is 8.77. The first-order valence-corrected chi connectivity index (χ1v) is 7.70. The second-order valence-electron chi connectivity index (χ2n) is 5.99. The van der Waals surface area contributed by atoms with Crippen LogP contribution in [0.2, 0.25) is 0 Å². The average Bonchev–Trinajstić information content (AvgIpc) is 2.60. The molecule has 0 aromatic heterocycles. The van der Waals surface area contributed by atoms with Gasteiger partial charge in [0.2, 0.25) is 5.91 Å². The summed E-state index contributed by atoms with van der Waals surface area (Å²) in [5.74, 6) is 0.580. The molecule has 112 valence electrons. The van der Waals surface area contributed by atoms with Crippen LogP contribution in [0.3, 0.4) is 0 Å². The van der Waals surface area contributed by atoms with Gasteiger partial charge in [0, 0.05) is 19.7 Å². The van der Waals surface area contributed by atoms with Crippen LogP contribution in [0, 0.1) is 5.92 Å². The van der Waals surface area contributed by atoms with Crippen LogP contribution >= 0.6 is 0 Å². The molecule has 0 unspecified atom stereocenters. The monoisotopic (exact) mass is 270 g/mol. The lowest BCUT2D eigenvalue weighted by Gasteiger charge is -2.25. The molecule has 0 radical (unpaired) electrons. The van der Waals surface area contributed by atoms with Crippen molar-refractivity contribution < 1.29 is 9.53 Å². The Labute approximate surface area is 117 Å². The number of carbonyl (C=O) groups is 1. The smallest absolute Gasteiger partial charge is 0.239 e. The fourth-order valence-electron chi connectivity index (χ4n) is 2.58. The SMILES string of the molecule is CCCO[C@@H]1CCCN(C(=O)[C@@H](N)CC(C)C)CC1. The first kappa shape index (κ1) is 16.4. The Morgan fingerprint density at radius 1 is 1.37 bits per heavy atom. The van der Waals surface area contributed by atoms with Crippen LogP contribution in [0.25, 0.3) is 0 Å². The minimum absolute atomic E-state index is 0.116. The predicted molar refractivity (Wildman–Crippen MR) is 77.9 cm³/mol. The van der Waals surface area contributed by atoms with E-state index < -0.39 is 0 Å². The van der Waals surface area contributed by atoms with Crippen LogP contribution in [-0.4, -0.2) is 42.6 Å². The average molecular weight is 270 g/mol. The van der Waals surface area contributed by atoms with Gasteiger partial charge >= 0.3 is 0 Å². The summed E-state index contributed by atoms with van der Waals surface area (Å²) in [6.07, 6.45) is 5.17. The van der Waals surface area contributed by atoms with Gasteiger partial charge in [-0.25, -0.2) is 0 Å². The molecule has 4 nitrogen and oxygen atoms in total. The Kier molecular flexibility index (Phi) is 7.39. The number of amides is 1. The highest BCUT2D eigenvalue weighted by molar-refractivity contribution is 5.81. The summed E-state index contributed by atoms with van der Waals surface area (Å²) < 4.78 is 5.80. The van der Waals surface area contributed by atoms with Gasteiger partial charge in [-0.15, -0.1) is 0 Å². The second kappa shape index (κ2) is 8.54. The standard InChI is InChI=1S/C15H30N2O2/c1-4-10-19-13-6-5-8-17(9-7-13)15(18)14(16)11-12(2)3/h12-14H,4-11,16H2,1-3H3/t13-,14+/m1/s1. The maximum Gasteiger partial charge on any atom is 0.239 e. The minimum atomic E-state index is -0.340. The fraction of sp³-hybridized carbons (Fsp3) is 0.933. The molecule has 0 spiro atoms. The van der Waals surface area contributed by atoms with Crippen molar-refractivity contribution in [3.63, 3.8) is 0 Å². The molecule has 19 heavy (non-hydrogen) atoms. The predicted octanol–water partition coefficient (Wildman–Crippen LogP) is 2.17. The third-order valence-corrected chi connectivity index (χ3v) is 3.59. The lowest BCUT2D eigenvalue weighted by molar-refractivity contribution is -0.133. The number of carbonyl (C=O) groups excluding carboxylic acids is 1. The van der Waals surface area contributed by atoms with Crippen molar-refractivity contribution in [1.29, 1.82) is 0 Å². The van der Waals surface area contributed by atoms with E-state index in [-0.39, 0.29) is 11.9 Å². The Morgan fingerprint density at radius 3 is 2.74 bits per heavy atom. The molecule has 1 fully saturated rings. The van der Waals surface area contributed by atoms with E-state index >= 15 is 0 Å².